The summed E-state index contributed by atoms with van der Waals surface area (Å²) in [5.41, 5.74) is 1.19. The Labute approximate surface area is 172 Å². The van der Waals surface area contributed by atoms with Crippen molar-refractivity contribution in [1.82, 2.24) is 20.2 Å². The minimum atomic E-state index is 0.752. The van der Waals surface area contributed by atoms with Crippen LogP contribution in [0.2, 0.25) is 0 Å². The quantitative estimate of drug-likeness (QED) is 0.603. The number of rotatable bonds is 8. The van der Waals surface area contributed by atoms with Crippen LogP contribution < -0.4 is 19.3 Å². The number of quaternary nitrogens is 2. The Balaban J connectivity index is 1.30. The maximum atomic E-state index is 5.41. The lowest BCUT2D eigenvalue weighted by Crippen LogP contribution is -3.29. The summed E-state index contributed by atoms with van der Waals surface area (Å²) < 4.78 is 12.7. The number of nitrogens with zero attached hydrogens (tertiary/aromatic N) is 4. The molecule has 29 heavy (non-hydrogen) atoms. The number of piperazine rings is 1. The highest BCUT2D eigenvalue weighted by Gasteiger charge is 2.31. The second kappa shape index (κ2) is 9.54. The van der Waals surface area contributed by atoms with Crippen molar-refractivity contribution in [1.29, 1.82) is 0 Å². The minimum Gasteiger partial charge on any atom is -0.493 e. The first-order chi connectivity index (χ1) is 14.3. The first-order valence-electron chi connectivity index (χ1n) is 10.9. The molecule has 1 saturated heterocycles. The lowest BCUT2D eigenvalue weighted by molar-refractivity contribution is -1.03. The molecule has 1 aliphatic carbocycles. The number of hydrogen-bond donors (Lipinski definition) is 2. The number of nitrogens with one attached hydrogen (secondary N) is 2. The third-order valence-corrected chi connectivity index (χ3v) is 6.61. The molecule has 0 spiro atoms. The molecule has 0 bridgehead atoms. The zero-order valence-electron chi connectivity index (χ0n) is 17.7. The van der Waals surface area contributed by atoms with Gasteiger partial charge in [-0.1, -0.05) is 6.07 Å². The van der Waals surface area contributed by atoms with Crippen LogP contribution in [0.4, 0.5) is 0 Å². The van der Waals surface area contributed by atoms with E-state index in [0.29, 0.717) is 0 Å². The molecule has 2 aliphatic rings. The summed E-state index contributed by atoms with van der Waals surface area (Å²) in [4.78, 5) is 3.44. The van der Waals surface area contributed by atoms with E-state index < -0.39 is 0 Å². The van der Waals surface area contributed by atoms with E-state index >= 15 is 0 Å². The Morgan fingerprint density at radius 1 is 1.03 bits per heavy atom. The Morgan fingerprint density at radius 2 is 1.79 bits per heavy atom. The number of hydrogen-bond acceptors (Lipinski definition) is 5. The second-order valence-corrected chi connectivity index (χ2v) is 8.32. The van der Waals surface area contributed by atoms with Crippen LogP contribution in [0.15, 0.2) is 18.2 Å². The molecule has 8 nitrogen and oxygen atoms in total. The van der Waals surface area contributed by atoms with Gasteiger partial charge in [0, 0.05) is 6.54 Å². The van der Waals surface area contributed by atoms with Crippen LogP contribution in [0.25, 0.3) is 0 Å². The van der Waals surface area contributed by atoms with Gasteiger partial charge in [-0.25, -0.2) is 4.68 Å². The number of aromatic nitrogens is 4. The van der Waals surface area contributed by atoms with Gasteiger partial charge < -0.3 is 19.3 Å². The Bertz CT molecular complexity index is 781. The molecular weight excluding hydrogens is 368 g/mol. The highest BCUT2D eigenvalue weighted by Crippen LogP contribution is 2.27. The van der Waals surface area contributed by atoms with Crippen LogP contribution in [-0.2, 0) is 19.5 Å². The Hall–Kier alpha value is -2.19. The zero-order valence-corrected chi connectivity index (χ0v) is 17.7. The summed E-state index contributed by atoms with van der Waals surface area (Å²) in [6, 6.07) is 6.97. The summed E-state index contributed by atoms with van der Waals surface area (Å²) >= 11 is 0. The van der Waals surface area contributed by atoms with Crippen molar-refractivity contribution >= 4 is 0 Å². The molecule has 0 unspecified atom stereocenters. The van der Waals surface area contributed by atoms with Crippen molar-refractivity contribution in [2.75, 3.05) is 40.4 Å². The number of methoxy groups -OCH3 is 2. The van der Waals surface area contributed by atoms with Crippen LogP contribution in [0.3, 0.4) is 0 Å². The first kappa shape index (κ1) is 20.1. The molecule has 2 heterocycles. The largest absolute Gasteiger partial charge is 0.493 e. The highest BCUT2D eigenvalue weighted by atomic mass is 16.5. The standard InChI is InChI=1S/C21H32N6O2/c1-28-19-8-7-17(15-20(19)29-2)9-10-27-21(22-23-24-27)16-25-11-13-26(14-12-25)18-5-3-4-6-18/h7-8,15,18H,3-6,9-14,16H2,1-2H3/p+2. The summed E-state index contributed by atoms with van der Waals surface area (Å²) in [5.74, 6) is 2.50. The third kappa shape index (κ3) is 4.87. The molecule has 0 amide bonds. The number of ether oxygens (including phenoxy) is 2. The van der Waals surface area contributed by atoms with Gasteiger partial charge in [0.2, 0.25) is 5.82 Å². The van der Waals surface area contributed by atoms with Crippen LogP contribution in [-0.4, -0.2) is 66.6 Å². The van der Waals surface area contributed by atoms with E-state index in [0.717, 1.165) is 42.9 Å². The van der Waals surface area contributed by atoms with E-state index in [1.54, 1.807) is 19.1 Å². The van der Waals surface area contributed by atoms with Crippen molar-refractivity contribution in [2.24, 2.45) is 0 Å². The highest BCUT2D eigenvalue weighted by molar-refractivity contribution is 5.42. The van der Waals surface area contributed by atoms with Crippen molar-refractivity contribution in [3.8, 4) is 11.5 Å². The molecule has 0 radical (unpaired) electrons. The molecule has 1 aromatic carbocycles. The maximum absolute atomic E-state index is 5.41. The monoisotopic (exact) mass is 402 g/mol. The number of aryl methyl sites for hydroxylation is 2. The van der Waals surface area contributed by atoms with Crippen LogP contribution in [0, 0.1) is 0 Å². The molecule has 158 valence electrons. The summed E-state index contributed by atoms with van der Waals surface area (Å²) in [5, 5.41) is 12.5. The fourth-order valence-electron chi connectivity index (χ4n) is 4.86. The fraction of sp³-hybridized carbons (Fsp3) is 0.667. The van der Waals surface area contributed by atoms with E-state index in [2.05, 4.69) is 21.6 Å². The molecule has 1 aromatic heterocycles. The van der Waals surface area contributed by atoms with Gasteiger partial charge in [0.1, 0.15) is 32.7 Å². The van der Waals surface area contributed by atoms with Crippen molar-refractivity contribution in [2.45, 2.75) is 51.2 Å². The molecule has 1 saturated carbocycles. The van der Waals surface area contributed by atoms with Crippen LogP contribution in [0.5, 0.6) is 11.5 Å². The SMILES string of the molecule is COc1ccc(CCn2nnnc2C[NH+]2CC[NH+](C3CCCC3)CC2)cc1OC. The van der Waals surface area contributed by atoms with Gasteiger partial charge in [-0.05, 0) is 60.2 Å². The molecule has 2 aromatic rings. The van der Waals surface area contributed by atoms with Crippen LogP contribution in [0.1, 0.15) is 37.1 Å². The van der Waals surface area contributed by atoms with Gasteiger partial charge in [0.05, 0.1) is 20.3 Å². The first-order valence-corrected chi connectivity index (χ1v) is 10.9. The summed E-state index contributed by atoms with van der Waals surface area (Å²) in [6.07, 6.45) is 6.57. The van der Waals surface area contributed by atoms with Gasteiger partial charge in [-0.2, -0.15) is 0 Å². The molecular formula is C21H34N6O2+2. The van der Waals surface area contributed by atoms with Crippen molar-refractivity contribution < 1.29 is 19.3 Å². The lowest BCUT2D eigenvalue weighted by atomic mass is 10.1. The van der Waals surface area contributed by atoms with E-state index in [9.17, 15) is 0 Å². The molecule has 4 rings (SSSR count). The van der Waals surface area contributed by atoms with E-state index in [-0.39, 0.29) is 0 Å². The molecule has 2 N–H and O–H groups in total. The van der Waals surface area contributed by atoms with Crippen LogP contribution >= 0.6 is 0 Å². The Kier molecular flexibility index (Phi) is 6.61. The molecule has 2 fully saturated rings. The van der Waals surface area contributed by atoms with Crippen molar-refractivity contribution in [3.63, 3.8) is 0 Å². The molecule has 0 atom stereocenters. The average molecular weight is 403 g/mol. The normalized spacial score (nSPS) is 22.7. The topological polar surface area (TPSA) is 70.9 Å². The maximum Gasteiger partial charge on any atom is 0.206 e. The fourth-order valence-corrected chi connectivity index (χ4v) is 4.86. The second-order valence-electron chi connectivity index (χ2n) is 8.32. The summed E-state index contributed by atoms with van der Waals surface area (Å²) in [7, 11) is 3.32. The minimum absolute atomic E-state index is 0.752. The van der Waals surface area contributed by atoms with Gasteiger partial charge in [0.25, 0.3) is 0 Å². The van der Waals surface area contributed by atoms with E-state index in [1.807, 2.05) is 21.7 Å². The van der Waals surface area contributed by atoms with Gasteiger partial charge in [-0.15, -0.1) is 5.10 Å². The van der Waals surface area contributed by atoms with E-state index in [4.69, 9.17) is 9.47 Å². The molecule has 8 heteroatoms. The smallest absolute Gasteiger partial charge is 0.206 e. The van der Waals surface area contributed by atoms with Crippen molar-refractivity contribution in [3.05, 3.63) is 29.6 Å². The number of tetrazole rings is 1. The van der Waals surface area contributed by atoms with Gasteiger partial charge in [0.15, 0.2) is 11.5 Å². The van der Waals surface area contributed by atoms with E-state index in [1.165, 1.54) is 57.4 Å². The Morgan fingerprint density at radius 3 is 2.52 bits per heavy atom. The van der Waals surface area contributed by atoms with Gasteiger partial charge >= 0.3 is 0 Å². The summed E-state index contributed by atoms with van der Waals surface area (Å²) in [6.45, 7) is 6.69. The number of benzene rings is 1. The predicted molar refractivity (Wildman–Crippen MR) is 108 cm³/mol. The average Bonchev–Trinajstić information content (AvgIpc) is 3.45. The third-order valence-electron chi connectivity index (χ3n) is 6.61. The zero-order chi connectivity index (χ0) is 20.1. The van der Waals surface area contributed by atoms with Gasteiger partial charge in [-0.3, -0.25) is 0 Å². The lowest BCUT2D eigenvalue weighted by Gasteiger charge is -2.32. The predicted octanol–water partition coefficient (Wildman–Crippen LogP) is -0.841. The molecule has 1 aliphatic heterocycles.